The van der Waals surface area contributed by atoms with E-state index in [1.807, 2.05) is 0 Å². The molecule has 1 aromatic rings. The average Bonchev–Trinajstić information content (AvgIpc) is 2.31. The Kier molecular flexibility index (Phi) is 8.34. The average molecular weight is 330 g/mol. The van der Waals surface area contributed by atoms with Crippen molar-refractivity contribution in [3.05, 3.63) is 33.6 Å². The topological polar surface area (TPSA) is 55.1 Å². The Balaban J connectivity index is 0.00000324. The van der Waals surface area contributed by atoms with Gasteiger partial charge in [0.05, 0.1) is 11.1 Å². The Labute approximate surface area is 128 Å². The van der Waals surface area contributed by atoms with Gasteiger partial charge in [0.1, 0.15) is 5.82 Å². The lowest BCUT2D eigenvalue weighted by Gasteiger charge is -2.16. The molecule has 0 spiro atoms. The van der Waals surface area contributed by atoms with Gasteiger partial charge in [0.2, 0.25) is 5.91 Å². The molecule has 0 aliphatic carbocycles. The van der Waals surface area contributed by atoms with E-state index in [9.17, 15) is 9.18 Å². The van der Waals surface area contributed by atoms with Crippen molar-refractivity contribution in [1.29, 1.82) is 0 Å². The zero-order valence-corrected chi connectivity index (χ0v) is 12.7. The second-order valence-corrected chi connectivity index (χ2v) is 4.78. The normalized spacial score (nSPS) is 11.6. The van der Waals surface area contributed by atoms with Gasteiger partial charge >= 0.3 is 0 Å². The van der Waals surface area contributed by atoms with Crippen LogP contribution in [0.4, 0.5) is 4.39 Å². The fourth-order valence-corrected chi connectivity index (χ4v) is 2.07. The van der Waals surface area contributed by atoms with Crippen LogP contribution in [0, 0.1) is 5.82 Å². The smallest absolute Gasteiger partial charge is 0.220 e. The predicted molar refractivity (Wildman–Crippen MR) is 78.5 cm³/mol. The molecule has 0 radical (unpaired) electrons. The van der Waals surface area contributed by atoms with E-state index in [1.165, 1.54) is 12.1 Å². The summed E-state index contributed by atoms with van der Waals surface area (Å²) in [6.45, 7) is 2.19. The molecule has 1 amide bonds. The van der Waals surface area contributed by atoms with Crippen molar-refractivity contribution >= 4 is 41.5 Å². The molecule has 3 N–H and O–H groups in total. The molecule has 1 unspecified atom stereocenters. The third-order valence-corrected chi connectivity index (χ3v) is 3.11. The van der Waals surface area contributed by atoms with Gasteiger partial charge in [-0.1, -0.05) is 23.2 Å². The fourth-order valence-electron chi connectivity index (χ4n) is 1.52. The van der Waals surface area contributed by atoms with E-state index in [1.54, 1.807) is 6.92 Å². The van der Waals surface area contributed by atoms with Crippen molar-refractivity contribution in [3.63, 3.8) is 0 Å². The highest BCUT2D eigenvalue weighted by molar-refractivity contribution is 6.35. The third-order valence-electron chi connectivity index (χ3n) is 2.49. The number of hydrogen-bond acceptors (Lipinski definition) is 2. The van der Waals surface area contributed by atoms with E-state index in [0.717, 1.165) is 0 Å². The standard InChI is InChI=1S/C12H15Cl2FN2O.ClH/c1-7(17-12(18)3-2-4-16)8-5-11(15)10(14)6-9(8)13;/h5-7H,2-4,16H2,1H3,(H,17,18);1H. The van der Waals surface area contributed by atoms with Crippen molar-refractivity contribution in [3.8, 4) is 0 Å². The number of hydrogen-bond donors (Lipinski definition) is 2. The molecular formula is C12H16Cl3FN2O. The van der Waals surface area contributed by atoms with Gasteiger partial charge in [0.25, 0.3) is 0 Å². The highest BCUT2D eigenvalue weighted by Crippen LogP contribution is 2.28. The van der Waals surface area contributed by atoms with Crippen LogP contribution in [0.3, 0.4) is 0 Å². The Hall–Kier alpha value is -0.550. The third kappa shape index (κ3) is 5.53. The van der Waals surface area contributed by atoms with Gasteiger partial charge in [0, 0.05) is 11.4 Å². The summed E-state index contributed by atoms with van der Waals surface area (Å²) in [5, 5.41) is 3.02. The first kappa shape index (κ1) is 18.4. The van der Waals surface area contributed by atoms with Gasteiger partial charge in [-0.3, -0.25) is 4.79 Å². The zero-order valence-electron chi connectivity index (χ0n) is 10.4. The molecule has 0 aliphatic rings. The van der Waals surface area contributed by atoms with E-state index in [0.29, 0.717) is 30.0 Å². The molecule has 0 aromatic heterocycles. The van der Waals surface area contributed by atoms with Crippen LogP contribution in [-0.4, -0.2) is 12.5 Å². The molecule has 3 nitrogen and oxygen atoms in total. The Morgan fingerprint density at radius 2 is 2.05 bits per heavy atom. The van der Waals surface area contributed by atoms with Gasteiger partial charge in [-0.05, 0) is 37.6 Å². The number of rotatable bonds is 5. The molecule has 0 saturated carbocycles. The van der Waals surface area contributed by atoms with Crippen molar-refractivity contribution in [2.45, 2.75) is 25.8 Å². The van der Waals surface area contributed by atoms with Crippen LogP contribution in [0.25, 0.3) is 0 Å². The van der Waals surface area contributed by atoms with Gasteiger partial charge in [-0.15, -0.1) is 12.4 Å². The van der Waals surface area contributed by atoms with Crippen LogP contribution in [0.2, 0.25) is 10.0 Å². The second-order valence-electron chi connectivity index (χ2n) is 3.97. The largest absolute Gasteiger partial charge is 0.350 e. The zero-order chi connectivity index (χ0) is 13.7. The van der Waals surface area contributed by atoms with Crippen LogP contribution in [0.15, 0.2) is 12.1 Å². The van der Waals surface area contributed by atoms with E-state index in [-0.39, 0.29) is 29.4 Å². The SMILES string of the molecule is CC(NC(=O)CCCN)c1cc(F)c(Cl)cc1Cl.Cl. The number of carbonyl (C=O) groups excluding carboxylic acids is 1. The Morgan fingerprint density at radius 1 is 1.42 bits per heavy atom. The molecule has 108 valence electrons. The molecule has 19 heavy (non-hydrogen) atoms. The van der Waals surface area contributed by atoms with Crippen molar-refractivity contribution in [2.24, 2.45) is 5.73 Å². The van der Waals surface area contributed by atoms with E-state index >= 15 is 0 Å². The van der Waals surface area contributed by atoms with Crippen LogP contribution >= 0.6 is 35.6 Å². The number of amides is 1. The number of carbonyl (C=O) groups is 1. The van der Waals surface area contributed by atoms with Gasteiger partial charge in [-0.2, -0.15) is 0 Å². The molecule has 0 aliphatic heterocycles. The minimum Gasteiger partial charge on any atom is -0.350 e. The van der Waals surface area contributed by atoms with Crippen LogP contribution in [0.1, 0.15) is 31.4 Å². The summed E-state index contributed by atoms with van der Waals surface area (Å²) in [6, 6.07) is 2.18. The van der Waals surface area contributed by atoms with E-state index in [2.05, 4.69) is 5.32 Å². The summed E-state index contributed by atoms with van der Waals surface area (Å²) in [6.07, 6.45) is 0.954. The lowest BCUT2D eigenvalue weighted by atomic mass is 10.1. The maximum atomic E-state index is 13.3. The van der Waals surface area contributed by atoms with Crippen LogP contribution in [0.5, 0.6) is 0 Å². The monoisotopic (exact) mass is 328 g/mol. The second kappa shape index (κ2) is 8.59. The number of nitrogens with two attached hydrogens (primary N) is 1. The minimum absolute atomic E-state index is 0. The number of nitrogens with one attached hydrogen (secondary N) is 1. The molecule has 1 aromatic carbocycles. The molecule has 7 heteroatoms. The highest BCUT2D eigenvalue weighted by atomic mass is 35.5. The summed E-state index contributed by atoms with van der Waals surface area (Å²) in [5.74, 6) is -0.696. The molecule has 0 heterocycles. The lowest BCUT2D eigenvalue weighted by Crippen LogP contribution is -2.27. The molecule has 1 rings (SSSR count). The minimum atomic E-state index is -0.556. The first-order chi connectivity index (χ1) is 8.45. The highest BCUT2D eigenvalue weighted by Gasteiger charge is 2.15. The van der Waals surface area contributed by atoms with Crippen molar-refractivity contribution in [2.75, 3.05) is 6.54 Å². The van der Waals surface area contributed by atoms with Crippen LogP contribution in [-0.2, 0) is 4.79 Å². The van der Waals surface area contributed by atoms with Crippen molar-refractivity contribution in [1.82, 2.24) is 5.32 Å². The van der Waals surface area contributed by atoms with E-state index in [4.69, 9.17) is 28.9 Å². The van der Waals surface area contributed by atoms with Crippen molar-refractivity contribution < 1.29 is 9.18 Å². The Bertz CT molecular complexity index is 443. The summed E-state index contributed by atoms with van der Waals surface area (Å²) < 4.78 is 13.3. The van der Waals surface area contributed by atoms with Gasteiger partial charge < -0.3 is 11.1 Å². The maximum absolute atomic E-state index is 13.3. The fraction of sp³-hybridized carbons (Fsp3) is 0.417. The summed E-state index contributed by atoms with van der Waals surface area (Å²) in [4.78, 5) is 11.5. The molecule has 0 saturated heterocycles. The molecule has 0 fully saturated rings. The predicted octanol–water partition coefficient (Wildman–Crippen LogP) is 3.47. The molecule has 1 atom stereocenters. The van der Waals surface area contributed by atoms with Crippen LogP contribution < -0.4 is 11.1 Å². The molecule has 0 bridgehead atoms. The lowest BCUT2D eigenvalue weighted by molar-refractivity contribution is -0.121. The summed E-state index contributed by atoms with van der Waals surface area (Å²) >= 11 is 11.6. The number of benzene rings is 1. The quantitative estimate of drug-likeness (QED) is 0.813. The maximum Gasteiger partial charge on any atom is 0.220 e. The summed E-state index contributed by atoms with van der Waals surface area (Å²) in [7, 11) is 0. The first-order valence-electron chi connectivity index (χ1n) is 5.59. The number of halogens is 4. The first-order valence-corrected chi connectivity index (χ1v) is 6.35. The van der Waals surface area contributed by atoms with E-state index < -0.39 is 5.82 Å². The Morgan fingerprint density at radius 3 is 2.63 bits per heavy atom. The van der Waals surface area contributed by atoms with Gasteiger partial charge in [0.15, 0.2) is 0 Å². The van der Waals surface area contributed by atoms with Gasteiger partial charge in [-0.25, -0.2) is 4.39 Å². The summed E-state index contributed by atoms with van der Waals surface area (Å²) in [5.41, 5.74) is 5.81. The molecular weight excluding hydrogens is 314 g/mol.